The number of nitrogens with one attached hydrogen (secondary N) is 1. The highest BCUT2D eigenvalue weighted by Crippen LogP contribution is 2.37. The summed E-state index contributed by atoms with van der Waals surface area (Å²) in [6.07, 6.45) is 4.96. The summed E-state index contributed by atoms with van der Waals surface area (Å²) in [6.45, 7) is 3.33. The van der Waals surface area contributed by atoms with Gasteiger partial charge in [-0.15, -0.1) is 0 Å². The van der Waals surface area contributed by atoms with E-state index in [9.17, 15) is 9.90 Å². The van der Waals surface area contributed by atoms with E-state index in [1.165, 1.54) is 0 Å². The molecular formula is C19H26N2O3. The molecule has 3 aliphatic heterocycles. The SMILES string of the molecule is O=C(c1ccc2c(c1)CCCO2)N1CC[C@H]2NCCC[C@]2(CO)C1. The molecule has 2 atom stereocenters. The minimum absolute atomic E-state index is 0.0835. The van der Waals surface area contributed by atoms with Crippen LogP contribution in [-0.2, 0) is 6.42 Å². The molecule has 0 aliphatic carbocycles. The van der Waals surface area contributed by atoms with Crippen molar-refractivity contribution in [2.24, 2.45) is 5.41 Å². The van der Waals surface area contributed by atoms with Gasteiger partial charge in [0, 0.05) is 30.1 Å². The standard InChI is InChI=1S/C19H26N2O3/c22-13-19-7-2-8-20-17(19)6-9-21(12-19)18(23)15-4-5-16-14(11-15)3-1-10-24-16/h4-5,11,17,20,22H,1-3,6-10,12-13H2/t17-,19-/m1/s1. The molecule has 3 aliphatic rings. The van der Waals surface area contributed by atoms with Crippen molar-refractivity contribution in [2.75, 3.05) is 32.8 Å². The first-order valence-electron chi connectivity index (χ1n) is 9.11. The molecule has 130 valence electrons. The number of carbonyl (C=O) groups excluding carboxylic acids is 1. The van der Waals surface area contributed by atoms with E-state index >= 15 is 0 Å². The average molecular weight is 330 g/mol. The number of nitrogens with zero attached hydrogens (tertiary/aromatic N) is 1. The third-order valence-corrected chi connectivity index (χ3v) is 5.93. The smallest absolute Gasteiger partial charge is 0.253 e. The Bertz CT molecular complexity index is 633. The van der Waals surface area contributed by atoms with Gasteiger partial charge in [0.05, 0.1) is 13.2 Å². The number of amides is 1. The minimum atomic E-state index is -0.177. The summed E-state index contributed by atoms with van der Waals surface area (Å²) in [5, 5.41) is 13.5. The van der Waals surface area contributed by atoms with Gasteiger partial charge in [0.1, 0.15) is 5.75 Å². The van der Waals surface area contributed by atoms with Gasteiger partial charge in [-0.25, -0.2) is 0 Å². The molecule has 5 heteroatoms. The molecule has 0 bridgehead atoms. The summed E-state index contributed by atoms with van der Waals surface area (Å²) >= 11 is 0. The van der Waals surface area contributed by atoms with E-state index in [4.69, 9.17) is 4.74 Å². The van der Waals surface area contributed by atoms with Crippen LogP contribution in [0, 0.1) is 5.41 Å². The Morgan fingerprint density at radius 1 is 1.42 bits per heavy atom. The van der Waals surface area contributed by atoms with E-state index in [1.807, 2.05) is 23.1 Å². The molecular weight excluding hydrogens is 304 g/mol. The fourth-order valence-electron chi connectivity index (χ4n) is 4.54. The Balaban J connectivity index is 1.54. The van der Waals surface area contributed by atoms with E-state index < -0.39 is 0 Å². The number of fused-ring (bicyclic) bond motifs is 2. The molecule has 24 heavy (non-hydrogen) atoms. The number of aliphatic hydroxyl groups excluding tert-OH is 1. The number of likely N-dealkylation sites (tertiary alicyclic amines) is 1. The second-order valence-corrected chi connectivity index (χ2v) is 7.42. The summed E-state index contributed by atoms with van der Waals surface area (Å²) in [5.41, 5.74) is 1.71. The van der Waals surface area contributed by atoms with Crippen molar-refractivity contribution in [1.29, 1.82) is 0 Å². The van der Waals surface area contributed by atoms with Gasteiger partial charge in [-0.3, -0.25) is 4.79 Å². The molecule has 0 unspecified atom stereocenters. The largest absolute Gasteiger partial charge is 0.493 e. The van der Waals surface area contributed by atoms with Crippen LogP contribution in [0.4, 0.5) is 0 Å². The predicted octanol–water partition coefficient (Wildman–Crippen LogP) is 1.59. The number of rotatable bonds is 2. The van der Waals surface area contributed by atoms with Crippen molar-refractivity contribution >= 4 is 5.91 Å². The molecule has 3 heterocycles. The Hall–Kier alpha value is -1.59. The maximum atomic E-state index is 13.0. The van der Waals surface area contributed by atoms with E-state index in [2.05, 4.69) is 5.32 Å². The first kappa shape index (κ1) is 15.9. The quantitative estimate of drug-likeness (QED) is 0.864. The van der Waals surface area contributed by atoms with Gasteiger partial charge in [-0.2, -0.15) is 0 Å². The highest BCUT2D eigenvalue weighted by molar-refractivity contribution is 5.94. The number of hydrogen-bond acceptors (Lipinski definition) is 4. The van der Waals surface area contributed by atoms with Gasteiger partial charge in [-0.1, -0.05) is 0 Å². The zero-order chi connectivity index (χ0) is 16.6. The van der Waals surface area contributed by atoms with Crippen LogP contribution in [0.3, 0.4) is 0 Å². The van der Waals surface area contributed by atoms with Crippen LogP contribution in [-0.4, -0.2) is 54.8 Å². The average Bonchev–Trinajstić information content (AvgIpc) is 2.66. The van der Waals surface area contributed by atoms with Crippen LogP contribution >= 0.6 is 0 Å². The summed E-state index contributed by atoms with van der Waals surface area (Å²) in [5.74, 6) is 1.00. The fourth-order valence-corrected chi connectivity index (χ4v) is 4.54. The number of ether oxygens (including phenoxy) is 1. The lowest BCUT2D eigenvalue weighted by atomic mass is 9.70. The maximum Gasteiger partial charge on any atom is 0.253 e. The van der Waals surface area contributed by atoms with Crippen molar-refractivity contribution in [3.63, 3.8) is 0 Å². The van der Waals surface area contributed by atoms with Gasteiger partial charge < -0.3 is 20.1 Å². The number of hydrogen-bond donors (Lipinski definition) is 2. The molecule has 0 spiro atoms. The maximum absolute atomic E-state index is 13.0. The summed E-state index contributed by atoms with van der Waals surface area (Å²) < 4.78 is 5.64. The van der Waals surface area contributed by atoms with Crippen LogP contribution < -0.4 is 10.1 Å². The normalized spacial score (nSPS) is 29.4. The lowest BCUT2D eigenvalue weighted by Gasteiger charge is -2.50. The third-order valence-electron chi connectivity index (χ3n) is 5.93. The third kappa shape index (κ3) is 2.70. The van der Waals surface area contributed by atoms with Crippen molar-refractivity contribution in [1.82, 2.24) is 10.2 Å². The Kier molecular flexibility index (Phi) is 4.22. The molecule has 1 aromatic rings. The first-order chi connectivity index (χ1) is 11.7. The predicted molar refractivity (Wildman–Crippen MR) is 91.3 cm³/mol. The molecule has 2 saturated heterocycles. The number of aliphatic hydroxyl groups is 1. The second kappa shape index (κ2) is 6.37. The summed E-state index contributed by atoms with van der Waals surface area (Å²) in [6, 6.07) is 6.13. The number of aryl methyl sites for hydroxylation is 1. The molecule has 1 aromatic carbocycles. The molecule has 0 saturated carbocycles. The second-order valence-electron chi connectivity index (χ2n) is 7.42. The Morgan fingerprint density at radius 2 is 2.33 bits per heavy atom. The Morgan fingerprint density at radius 3 is 3.21 bits per heavy atom. The topological polar surface area (TPSA) is 61.8 Å². The van der Waals surface area contributed by atoms with Gasteiger partial charge in [0.2, 0.25) is 0 Å². The number of piperidine rings is 2. The van der Waals surface area contributed by atoms with Crippen LogP contribution in [0.2, 0.25) is 0 Å². The summed E-state index contributed by atoms with van der Waals surface area (Å²) in [4.78, 5) is 14.9. The minimum Gasteiger partial charge on any atom is -0.493 e. The molecule has 1 amide bonds. The number of benzene rings is 1. The van der Waals surface area contributed by atoms with Crippen LogP contribution in [0.5, 0.6) is 5.75 Å². The zero-order valence-electron chi connectivity index (χ0n) is 14.1. The van der Waals surface area contributed by atoms with Crippen molar-refractivity contribution in [3.05, 3.63) is 29.3 Å². The molecule has 5 nitrogen and oxygen atoms in total. The van der Waals surface area contributed by atoms with Gasteiger partial charge in [0.15, 0.2) is 0 Å². The van der Waals surface area contributed by atoms with Crippen LogP contribution in [0.25, 0.3) is 0 Å². The van der Waals surface area contributed by atoms with E-state index in [0.717, 1.165) is 68.7 Å². The highest BCUT2D eigenvalue weighted by atomic mass is 16.5. The molecule has 0 aromatic heterocycles. The summed E-state index contributed by atoms with van der Waals surface area (Å²) in [7, 11) is 0. The molecule has 2 N–H and O–H groups in total. The first-order valence-corrected chi connectivity index (χ1v) is 9.11. The van der Waals surface area contributed by atoms with Crippen LogP contribution in [0.15, 0.2) is 18.2 Å². The van der Waals surface area contributed by atoms with Crippen LogP contribution in [0.1, 0.15) is 41.6 Å². The molecule has 4 rings (SSSR count). The van der Waals surface area contributed by atoms with E-state index in [-0.39, 0.29) is 17.9 Å². The van der Waals surface area contributed by atoms with Gasteiger partial charge >= 0.3 is 0 Å². The molecule has 0 radical (unpaired) electrons. The van der Waals surface area contributed by atoms with Gasteiger partial charge in [-0.05, 0) is 62.4 Å². The van der Waals surface area contributed by atoms with E-state index in [1.54, 1.807) is 0 Å². The van der Waals surface area contributed by atoms with Crippen molar-refractivity contribution in [2.45, 2.75) is 38.1 Å². The molecule has 2 fully saturated rings. The van der Waals surface area contributed by atoms with Crippen molar-refractivity contribution < 1.29 is 14.6 Å². The highest BCUT2D eigenvalue weighted by Gasteiger charge is 2.45. The van der Waals surface area contributed by atoms with E-state index in [0.29, 0.717) is 12.6 Å². The number of carbonyl (C=O) groups is 1. The lowest BCUT2D eigenvalue weighted by Crippen LogP contribution is -2.62. The van der Waals surface area contributed by atoms with Gasteiger partial charge in [0.25, 0.3) is 5.91 Å². The fraction of sp³-hybridized carbons (Fsp3) is 0.632. The zero-order valence-corrected chi connectivity index (χ0v) is 14.1. The monoisotopic (exact) mass is 330 g/mol. The lowest BCUT2D eigenvalue weighted by molar-refractivity contribution is -0.0137. The van der Waals surface area contributed by atoms with Crippen molar-refractivity contribution in [3.8, 4) is 5.75 Å². The Labute approximate surface area is 143 Å².